The summed E-state index contributed by atoms with van der Waals surface area (Å²) in [5, 5.41) is 6.21. The molecule has 0 aliphatic rings. The third-order valence-electron chi connectivity index (χ3n) is 2.20. The number of benzene rings is 1. The molecule has 84 valence electrons. The van der Waals surface area contributed by atoms with Gasteiger partial charge in [0.15, 0.2) is 5.13 Å². The molecule has 0 radical (unpaired) electrons. The lowest BCUT2D eigenvalue weighted by molar-refractivity contribution is 0.415. The van der Waals surface area contributed by atoms with Gasteiger partial charge in [-0.15, -0.1) is 11.3 Å². The number of ether oxygens (including phenoxy) is 1. The third kappa shape index (κ3) is 2.33. The van der Waals surface area contributed by atoms with Gasteiger partial charge < -0.3 is 10.1 Å². The van der Waals surface area contributed by atoms with Crippen LogP contribution in [-0.4, -0.2) is 18.6 Å². The molecule has 0 spiro atoms. The fraction of sp³-hybridized carbons (Fsp3) is 0.250. The maximum Gasteiger partial charge on any atom is 0.183 e. The van der Waals surface area contributed by atoms with Gasteiger partial charge in [0.2, 0.25) is 0 Å². The van der Waals surface area contributed by atoms with Crippen molar-refractivity contribution >= 4 is 16.5 Å². The molecular formula is C12H14N2OS. The van der Waals surface area contributed by atoms with Gasteiger partial charge in [-0.3, -0.25) is 0 Å². The highest BCUT2D eigenvalue weighted by Gasteiger charge is 2.04. The fourth-order valence-corrected chi connectivity index (χ4v) is 2.21. The van der Waals surface area contributed by atoms with Crippen LogP contribution in [-0.2, 0) is 0 Å². The number of aromatic nitrogens is 1. The number of thiazole rings is 1. The van der Waals surface area contributed by atoms with E-state index in [-0.39, 0.29) is 0 Å². The van der Waals surface area contributed by atoms with E-state index in [4.69, 9.17) is 4.74 Å². The number of methoxy groups -OCH3 is 1. The van der Waals surface area contributed by atoms with Crippen molar-refractivity contribution in [1.82, 2.24) is 4.98 Å². The second-order valence-corrected chi connectivity index (χ2v) is 4.16. The highest BCUT2D eigenvalue weighted by Crippen LogP contribution is 2.27. The molecule has 4 heteroatoms. The Labute approximate surface area is 99.1 Å². The Kier molecular flexibility index (Phi) is 3.41. The van der Waals surface area contributed by atoms with Gasteiger partial charge in [-0.25, -0.2) is 4.98 Å². The van der Waals surface area contributed by atoms with Crippen molar-refractivity contribution in [3.63, 3.8) is 0 Å². The van der Waals surface area contributed by atoms with Crippen molar-refractivity contribution in [2.24, 2.45) is 0 Å². The van der Waals surface area contributed by atoms with E-state index in [1.165, 1.54) is 0 Å². The average molecular weight is 234 g/mol. The predicted octanol–water partition coefficient (Wildman–Crippen LogP) is 3.25. The smallest absolute Gasteiger partial charge is 0.183 e. The third-order valence-corrected chi connectivity index (χ3v) is 3.00. The summed E-state index contributed by atoms with van der Waals surface area (Å²) in [6.45, 7) is 2.96. The van der Waals surface area contributed by atoms with Crippen LogP contribution in [0.4, 0.5) is 5.13 Å². The Bertz CT molecular complexity index is 468. The SMILES string of the molecule is CCNc1nc(-c2cccc(OC)c2)cs1. The molecule has 0 unspecified atom stereocenters. The summed E-state index contributed by atoms with van der Waals surface area (Å²) in [5.41, 5.74) is 2.07. The van der Waals surface area contributed by atoms with Crippen LogP contribution < -0.4 is 10.1 Å². The summed E-state index contributed by atoms with van der Waals surface area (Å²) in [6, 6.07) is 7.93. The Balaban J connectivity index is 2.27. The zero-order valence-electron chi connectivity index (χ0n) is 9.36. The number of rotatable bonds is 4. The van der Waals surface area contributed by atoms with Gasteiger partial charge in [0, 0.05) is 17.5 Å². The first-order valence-electron chi connectivity index (χ1n) is 5.17. The summed E-state index contributed by atoms with van der Waals surface area (Å²) in [7, 11) is 1.67. The van der Waals surface area contributed by atoms with E-state index in [1.54, 1.807) is 18.4 Å². The van der Waals surface area contributed by atoms with Gasteiger partial charge in [-0.05, 0) is 19.1 Å². The molecule has 0 fully saturated rings. The van der Waals surface area contributed by atoms with E-state index in [0.29, 0.717) is 0 Å². The molecule has 1 N–H and O–H groups in total. The van der Waals surface area contributed by atoms with Gasteiger partial charge in [-0.1, -0.05) is 12.1 Å². The molecule has 1 aromatic carbocycles. The van der Waals surface area contributed by atoms with Gasteiger partial charge in [0.05, 0.1) is 12.8 Å². The molecule has 16 heavy (non-hydrogen) atoms. The number of anilines is 1. The number of nitrogens with one attached hydrogen (secondary N) is 1. The fourth-order valence-electron chi connectivity index (χ4n) is 1.42. The van der Waals surface area contributed by atoms with E-state index in [9.17, 15) is 0 Å². The van der Waals surface area contributed by atoms with Gasteiger partial charge >= 0.3 is 0 Å². The monoisotopic (exact) mass is 234 g/mol. The van der Waals surface area contributed by atoms with Crippen LogP contribution in [0.15, 0.2) is 29.6 Å². The lowest BCUT2D eigenvalue weighted by atomic mass is 10.2. The Morgan fingerprint density at radius 3 is 3.06 bits per heavy atom. The Morgan fingerprint density at radius 1 is 1.44 bits per heavy atom. The minimum atomic E-state index is 0.857. The minimum Gasteiger partial charge on any atom is -0.497 e. The highest BCUT2D eigenvalue weighted by molar-refractivity contribution is 7.14. The lowest BCUT2D eigenvalue weighted by Crippen LogP contribution is -1.94. The predicted molar refractivity (Wildman–Crippen MR) is 68.3 cm³/mol. The molecule has 2 aromatic rings. The van der Waals surface area contributed by atoms with Crippen molar-refractivity contribution in [2.45, 2.75) is 6.92 Å². The van der Waals surface area contributed by atoms with Crippen molar-refractivity contribution in [3.8, 4) is 17.0 Å². The first-order valence-corrected chi connectivity index (χ1v) is 6.05. The Hall–Kier alpha value is -1.55. The van der Waals surface area contributed by atoms with Gasteiger partial charge in [-0.2, -0.15) is 0 Å². The molecule has 1 heterocycles. The van der Waals surface area contributed by atoms with Crippen molar-refractivity contribution < 1.29 is 4.74 Å². The zero-order chi connectivity index (χ0) is 11.4. The van der Waals surface area contributed by atoms with Crippen LogP contribution in [0.1, 0.15) is 6.92 Å². The van der Waals surface area contributed by atoms with E-state index in [2.05, 4.69) is 17.2 Å². The van der Waals surface area contributed by atoms with Crippen molar-refractivity contribution in [2.75, 3.05) is 19.0 Å². The lowest BCUT2D eigenvalue weighted by Gasteiger charge is -2.01. The van der Waals surface area contributed by atoms with Crippen molar-refractivity contribution in [3.05, 3.63) is 29.6 Å². The van der Waals surface area contributed by atoms with Crippen LogP contribution in [0.25, 0.3) is 11.3 Å². The molecule has 0 aliphatic heterocycles. The van der Waals surface area contributed by atoms with E-state index < -0.39 is 0 Å². The highest BCUT2D eigenvalue weighted by atomic mass is 32.1. The molecule has 0 aliphatic carbocycles. The van der Waals surface area contributed by atoms with E-state index in [0.717, 1.165) is 28.7 Å². The average Bonchev–Trinajstić information content (AvgIpc) is 2.78. The Morgan fingerprint density at radius 2 is 2.31 bits per heavy atom. The van der Waals surface area contributed by atoms with Crippen molar-refractivity contribution in [1.29, 1.82) is 0 Å². The second-order valence-electron chi connectivity index (χ2n) is 3.30. The summed E-state index contributed by atoms with van der Waals surface area (Å²) < 4.78 is 5.19. The maximum atomic E-state index is 5.19. The van der Waals surface area contributed by atoms with Crippen LogP contribution in [0.5, 0.6) is 5.75 Å². The van der Waals surface area contributed by atoms with Gasteiger partial charge in [0.1, 0.15) is 5.75 Å². The zero-order valence-corrected chi connectivity index (χ0v) is 10.2. The molecule has 0 bridgehead atoms. The molecule has 2 rings (SSSR count). The molecule has 3 nitrogen and oxygen atoms in total. The van der Waals surface area contributed by atoms with Gasteiger partial charge in [0.25, 0.3) is 0 Å². The van der Waals surface area contributed by atoms with E-state index in [1.807, 2.05) is 29.6 Å². The molecule has 0 amide bonds. The summed E-state index contributed by atoms with van der Waals surface area (Å²) in [4.78, 5) is 4.50. The quantitative estimate of drug-likeness (QED) is 0.881. The largest absolute Gasteiger partial charge is 0.497 e. The van der Waals surface area contributed by atoms with E-state index >= 15 is 0 Å². The first kappa shape index (κ1) is 11.0. The normalized spacial score (nSPS) is 10.1. The number of hydrogen-bond acceptors (Lipinski definition) is 4. The summed E-state index contributed by atoms with van der Waals surface area (Å²) in [5.74, 6) is 0.857. The molecule has 0 saturated carbocycles. The topological polar surface area (TPSA) is 34.2 Å². The standard InChI is InChI=1S/C12H14N2OS/c1-3-13-12-14-11(8-16-12)9-5-4-6-10(7-9)15-2/h4-8H,3H2,1-2H3,(H,13,14). The second kappa shape index (κ2) is 4.99. The first-order chi connectivity index (χ1) is 7.83. The molecule has 1 aromatic heterocycles. The minimum absolute atomic E-state index is 0.857. The molecule has 0 atom stereocenters. The van der Waals surface area contributed by atoms with Crippen LogP contribution in [0, 0.1) is 0 Å². The van der Waals surface area contributed by atoms with Crippen LogP contribution in [0.3, 0.4) is 0 Å². The molecular weight excluding hydrogens is 220 g/mol. The number of nitrogens with zero attached hydrogens (tertiary/aromatic N) is 1. The maximum absolute atomic E-state index is 5.19. The summed E-state index contributed by atoms with van der Waals surface area (Å²) in [6.07, 6.45) is 0. The van der Waals surface area contributed by atoms with Crippen LogP contribution in [0.2, 0.25) is 0 Å². The molecule has 0 saturated heterocycles. The summed E-state index contributed by atoms with van der Waals surface area (Å²) >= 11 is 1.62. The van der Waals surface area contributed by atoms with Crippen LogP contribution >= 0.6 is 11.3 Å². The number of hydrogen-bond donors (Lipinski definition) is 1.